The molecule has 4 aromatic carbocycles. The molecular weight excluding hydrogens is 1550 g/mol. The van der Waals surface area contributed by atoms with Gasteiger partial charge in [-0.15, -0.1) is 0 Å². The number of nitrogens with zero attached hydrogens (tertiary/aromatic N) is 15. The fourth-order valence-electron chi connectivity index (χ4n) is 12.3. The fraction of sp³-hybridized carbons (Fsp3) is 0.310. The monoisotopic (exact) mass is 1650 g/mol. The van der Waals surface area contributed by atoms with Crippen molar-refractivity contribution in [3.05, 3.63) is 258 Å². The Bertz CT molecular complexity index is 5370. The lowest BCUT2D eigenvalue weighted by atomic mass is 10.1. The molecule has 4 aliphatic carbocycles. The molecule has 0 spiro atoms. The van der Waals surface area contributed by atoms with Gasteiger partial charge in [0.2, 0.25) is 0 Å². The van der Waals surface area contributed by atoms with E-state index >= 15 is 0 Å². The SMILES string of the molecule is CC#N.CCCn1ccc2nc(C)nc(N(C)c3ccc(OC)cc3)c21.CCOC(=O)C1=C(N)C=CC1.CCc1ccc(N(C)c2nc(C)nc3c2CC=C3)cc1.CCc1ccc(N(C)c2nc(C)nc3ccn(C)c23)cc1.CCc1ccc(NC)cc1.Cc1nc(Cl)c2c(n1)C=CC2.Cc1nc2c(c(=O)[nH]1)CC=C2.O=P(Cl)(Cl)Cl. The smallest absolute Gasteiger partial charge is 0.339 e. The number of carbonyl (C=O) groups excluding carboxylic acids is 1. The number of allylic oxidation sites excluding steroid dienone is 5. The number of nitriles is 1. The Hall–Kier alpha value is -11.0. The first-order chi connectivity index (χ1) is 55.0. The maximum Gasteiger partial charge on any atom is 0.339 e. The van der Waals surface area contributed by atoms with Crippen LogP contribution in [0, 0.1) is 45.9 Å². The number of hydrogen-bond donors (Lipinski definition) is 3. The summed E-state index contributed by atoms with van der Waals surface area (Å²) in [5.74, 6) is 7.24. The molecule has 11 aromatic rings. The number of aromatic nitrogens is 12. The number of anilines is 7. The lowest BCUT2D eigenvalue weighted by Crippen LogP contribution is -2.15. The van der Waals surface area contributed by atoms with Crippen molar-refractivity contribution >= 4 is 137 Å². The topological polar surface area (TPSA) is 283 Å². The highest BCUT2D eigenvalue weighted by atomic mass is 36.0. The minimum Gasteiger partial charge on any atom is -0.497 e. The highest BCUT2D eigenvalue weighted by molar-refractivity contribution is 8.24. The van der Waals surface area contributed by atoms with Crippen molar-refractivity contribution in [3.63, 3.8) is 0 Å². The van der Waals surface area contributed by atoms with Gasteiger partial charge in [-0.1, -0.05) is 100.0 Å². The summed E-state index contributed by atoms with van der Waals surface area (Å²) >= 11 is 19.7. The van der Waals surface area contributed by atoms with E-state index in [2.05, 4.69) is 247 Å². The van der Waals surface area contributed by atoms with E-state index in [0.29, 0.717) is 35.3 Å². The number of hydrogen-bond acceptors (Lipinski definition) is 20. The van der Waals surface area contributed by atoms with Gasteiger partial charge in [-0.2, -0.15) is 5.26 Å². The van der Waals surface area contributed by atoms with E-state index in [1.54, 1.807) is 33.1 Å². The molecule has 0 aliphatic heterocycles. The molecule has 0 radical (unpaired) electrons. The van der Waals surface area contributed by atoms with Crippen molar-refractivity contribution in [3.8, 4) is 11.8 Å². The molecule has 0 saturated heterocycles. The summed E-state index contributed by atoms with van der Waals surface area (Å²) in [6, 6.07) is 39.6. The molecule has 0 atom stereocenters. The van der Waals surface area contributed by atoms with E-state index in [-0.39, 0.29) is 11.5 Å². The number of ether oxygens (including phenoxy) is 2. The van der Waals surface area contributed by atoms with Crippen molar-refractivity contribution in [1.29, 1.82) is 5.26 Å². The highest BCUT2D eigenvalue weighted by Crippen LogP contribution is 2.61. The zero-order chi connectivity index (χ0) is 84.1. The number of H-pyrrole nitrogens is 1. The number of nitrogens with two attached hydrogens (primary N) is 1. The van der Waals surface area contributed by atoms with E-state index in [4.69, 9.17) is 37.1 Å². The van der Waals surface area contributed by atoms with Gasteiger partial charge in [0.05, 0.1) is 53.5 Å². The predicted octanol–water partition coefficient (Wildman–Crippen LogP) is 20.2. The zero-order valence-electron chi connectivity index (χ0n) is 68.5. The number of aryl methyl sites for hydroxylation is 10. The molecule has 28 heteroatoms. The molecule has 7 heterocycles. The van der Waals surface area contributed by atoms with Crippen molar-refractivity contribution in [2.45, 2.75) is 134 Å². The first-order valence-corrected chi connectivity index (χ1v) is 42.6. The highest BCUT2D eigenvalue weighted by Gasteiger charge is 2.22. The Morgan fingerprint density at radius 1 is 0.583 bits per heavy atom. The minimum absolute atomic E-state index is 0.00231. The molecule has 0 saturated carbocycles. The summed E-state index contributed by atoms with van der Waals surface area (Å²) in [6.07, 6.45) is 27.2. The second-order valence-corrected chi connectivity index (χ2v) is 33.4. The van der Waals surface area contributed by atoms with Crippen molar-refractivity contribution in [2.24, 2.45) is 12.8 Å². The first kappa shape index (κ1) is 91.2. The van der Waals surface area contributed by atoms with Crippen LogP contribution in [-0.2, 0) is 66.2 Å². The summed E-state index contributed by atoms with van der Waals surface area (Å²) in [5.41, 5.74) is 25.3. The number of nitrogens with one attached hydrogen (secondary N) is 2. The lowest BCUT2D eigenvalue weighted by Gasteiger charge is -2.21. The molecule has 0 fully saturated rings. The van der Waals surface area contributed by atoms with Crippen LogP contribution < -0.4 is 36.0 Å². The number of halogens is 4. The number of aromatic amines is 1. The summed E-state index contributed by atoms with van der Waals surface area (Å²) in [7, 11) is 11.8. The molecule has 0 bridgehead atoms. The van der Waals surface area contributed by atoms with Crippen LogP contribution in [-0.4, -0.2) is 107 Å². The van der Waals surface area contributed by atoms with Crippen LogP contribution in [0.25, 0.3) is 40.3 Å². The van der Waals surface area contributed by atoms with Crippen molar-refractivity contribution < 1.29 is 18.8 Å². The standard InChI is InChI=1S/C18H22N4O.C17H20N4.C17H19N3.C9H13N.C8H7ClN2.C8H8N2O.C8H11NO2.C2H3N.Cl3OP/c1-5-11-22-12-10-16-17(22)18(20-13(2)19-16)21(3)14-6-8-15(23-4)9-7-14;1-5-13-6-8-14(9-7-13)21(4)17-16-15(10-11-20(16)3)18-12(2)19-17;1-4-13-8-10-14(11-9-13)20(3)17-15-6-5-7-16(15)18-12(2)19-17;1-3-8-4-6-9(10-2)7-5-8;1-5-10-7-4-2-3-6(7)8(9)11-5;1-5-9-7-4-2-3-6(7)8(11)10-5;1-2-11-8(10)6-4-3-5-7(6)9;1-2-3;1-5(2,3)4/h6-10,12H,5,11H2,1-4H3;6-11H,5H2,1-4H3;5,7-11H,4,6H2,1-3H3;4-7,10H,3H2,1-2H3;2,4H,3H2,1H3;2,4H,3H2,1H3,(H,9,10,11);3,5H,2,4,9H2,1H3;1H3;. The Morgan fingerprint density at radius 3 is 1.48 bits per heavy atom. The summed E-state index contributed by atoms with van der Waals surface area (Å²) < 4.78 is 23.8. The Balaban J connectivity index is 0.000000187. The van der Waals surface area contributed by atoms with Crippen molar-refractivity contribution in [2.75, 3.05) is 61.9 Å². The van der Waals surface area contributed by atoms with E-state index in [0.717, 1.165) is 165 Å². The van der Waals surface area contributed by atoms with Gasteiger partial charge in [-0.25, -0.2) is 49.7 Å². The second kappa shape index (κ2) is 44.6. The number of carbonyl (C=O) groups is 1. The normalized spacial score (nSPS) is 11.9. The van der Waals surface area contributed by atoms with Gasteiger partial charge in [-0.3, -0.25) is 9.36 Å². The van der Waals surface area contributed by atoms with Gasteiger partial charge in [0.25, 0.3) is 5.56 Å². The molecule has 4 aliphatic rings. The van der Waals surface area contributed by atoms with Gasteiger partial charge in [0.15, 0.2) is 11.6 Å². The average Bonchev–Trinajstić information content (AvgIpc) is 1.68. The third-order valence-electron chi connectivity index (χ3n) is 18.2. The van der Waals surface area contributed by atoms with Crippen LogP contribution >= 0.6 is 50.5 Å². The van der Waals surface area contributed by atoms with Crippen LogP contribution in [0.4, 0.5) is 40.2 Å². The molecule has 604 valence electrons. The third kappa shape index (κ3) is 26.5. The predicted molar refractivity (Wildman–Crippen MR) is 474 cm³/mol. The van der Waals surface area contributed by atoms with Crippen LogP contribution in [0.15, 0.2) is 168 Å². The van der Waals surface area contributed by atoms with Crippen LogP contribution in [0.3, 0.4) is 0 Å². The minimum atomic E-state index is -3.22. The van der Waals surface area contributed by atoms with E-state index in [1.165, 1.54) is 34.9 Å². The van der Waals surface area contributed by atoms with Crippen LogP contribution in [0.1, 0.15) is 134 Å². The third-order valence-corrected chi connectivity index (χ3v) is 18.5. The quantitative estimate of drug-likeness (QED) is 0.0488. The Morgan fingerprint density at radius 2 is 1.00 bits per heavy atom. The molecule has 0 amide bonds. The molecule has 23 nitrogen and oxygen atoms in total. The van der Waals surface area contributed by atoms with E-state index in [9.17, 15) is 14.2 Å². The maximum atomic E-state index is 11.2. The van der Waals surface area contributed by atoms with Crippen LogP contribution in [0.5, 0.6) is 5.75 Å². The molecular formula is C87H103Cl4N18O5P. The van der Waals surface area contributed by atoms with Gasteiger partial charge < -0.3 is 49.3 Å². The molecule has 4 N–H and O–H groups in total. The second-order valence-electron chi connectivity index (χ2n) is 26.4. The molecule has 115 heavy (non-hydrogen) atoms. The average molecular weight is 1650 g/mol. The Kier molecular flexibility index (Phi) is 35.4. The summed E-state index contributed by atoms with van der Waals surface area (Å²) in [5, 5.41) is 7.77. The number of fused-ring (bicyclic) bond motifs is 5. The first-order valence-electron chi connectivity index (χ1n) is 37.8. The maximum absolute atomic E-state index is 11.2. The fourth-order valence-corrected chi connectivity index (χ4v) is 12.6. The van der Waals surface area contributed by atoms with Gasteiger partial charge >= 0.3 is 11.2 Å². The molecule has 15 rings (SSSR count). The Labute approximate surface area is 694 Å². The van der Waals surface area contributed by atoms with E-state index < -0.39 is 5.20 Å². The lowest BCUT2D eigenvalue weighted by molar-refractivity contribution is -0.138. The number of rotatable bonds is 15. The number of esters is 1. The van der Waals surface area contributed by atoms with E-state index in [1.807, 2.05) is 116 Å². The van der Waals surface area contributed by atoms with Gasteiger partial charge in [-0.05, 0) is 240 Å². The van der Waals surface area contributed by atoms with Gasteiger partial charge in [0, 0.05) is 106 Å². The largest absolute Gasteiger partial charge is 0.497 e. The summed E-state index contributed by atoms with van der Waals surface area (Å²) in [4.78, 5) is 71.3. The molecule has 0 unspecified atom stereocenters. The van der Waals surface area contributed by atoms with Crippen LogP contribution in [0.2, 0.25) is 5.15 Å². The summed E-state index contributed by atoms with van der Waals surface area (Å²) in [6.45, 7) is 22.7. The van der Waals surface area contributed by atoms with Crippen molar-refractivity contribution in [1.82, 2.24) is 59.0 Å². The zero-order valence-corrected chi connectivity index (χ0v) is 72.4. The number of methoxy groups -OCH3 is 1. The number of benzene rings is 4. The van der Waals surface area contributed by atoms with Gasteiger partial charge in [0.1, 0.15) is 56.9 Å². The molecule has 7 aromatic heterocycles.